The first kappa shape index (κ1) is 18.0. The van der Waals surface area contributed by atoms with Crippen LogP contribution in [0.25, 0.3) is 6.08 Å². The van der Waals surface area contributed by atoms with Crippen molar-refractivity contribution in [3.8, 4) is 0 Å². The Hall–Kier alpha value is -1.79. The number of carbonyl (C=O) groups is 3. The van der Waals surface area contributed by atoms with Crippen LogP contribution >= 0.6 is 23.4 Å². The van der Waals surface area contributed by atoms with Gasteiger partial charge in [0.15, 0.2) is 0 Å². The van der Waals surface area contributed by atoms with E-state index in [1.54, 1.807) is 35.2 Å². The summed E-state index contributed by atoms with van der Waals surface area (Å²) in [6.07, 6.45) is 3.57. The Balaban J connectivity index is 1.67. The molecule has 7 heteroatoms. The van der Waals surface area contributed by atoms with E-state index in [-0.39, 0.29) is 12.5 Å². The first-order chi connectivity index (χ1) is 11.9. The molecule has 3 amide bonds. The zero-order valence-corrected chi connectivity index (χ0v) is 15.5. The monoisotopic (exact) mass is 378 g/mol. The topological polar surface area (TPSA) is 57.7 Å². The van der Waals surface area contributed by atoms with E-state index in [9.17, 15) is 14.4 Å². The molecular weight excluding hydrogens is 360 g/mol. The summed E-state index contributed by atoms with van der Waals surface area (Å²) in [5, 5.41) is 0.204. The zero-order chi connectivity index (χ0) is 18.0. The van der Waals surface area contributed by atoms with Crippen molar-refractivity contribution in [2.45, 2.75) is 19.8 Å². The van der Waals surface area contributed by atoms with Crippen LogP contribution in [-0.2, 0) is 9.59 Å². The van der Waals surface area contributed by atoms with Crippen LogP contribution in [0.5, 0.6) is 0 Å². The number of amides is 3. The van der Waals surface area contributed by atoms with Crippen molar-refractivity contribution < 1.29 is 14.4 Å². The van der Waals surface area contributed by atoms with Crippen molar-refractivity contribution in [1.29, 1.82) is 0 Å². The van der Waals surface area contributed by atoms with Crippen molar-refractivity contribution in [1.82, 2.24) is 9.80 Å². The van der Waals surface area contributed by atoms with Gasteiger partial charge in [-0.05, 0) is 54.3 Å². The maximum Gasteiger partial charge on any atom is 0.294 e. The molecule has 0 spiro atoms. The minimum absolute atomic E-state index is 0.165. The van der Waals surface area contributed by atoms with Gasteiger partial charge < -0.3 is 4.90 Å². The summed E-state index contributed by atoms with van der Waals surface area (Å²) < 4.78 is 0. The molecule has 2 fully saturated rings. The van der Waals surface area contributed by atoms with Gasteiger partial charge in [0.05, 0.1) is 4.91 Å². The molecule has 2 aliphatic heterocycles. The molecule has 0 bridgehead atoms. The summed E-state index contributed by atoms with van der Waals surface area (Å²) in [5.74, 6) is 0.0363. The number of hydrogen-bond acceptors (Lipinski definition) is 4. The molecule has 0 atom stereocenters. The summed E-state index contributed by atoms with van der Waals surface area (Å²) in [5.41, 5.74) is 0.784. The fourth-order valence-electron chi connectivity index (χ4n) is 2.84. The van der Waals surface area contributed by atoms with Crippen LogP contribution in [0.15, 0.2) is 29.2 Å². The van der Waals surface area contributed by atoms with E-state index in [2.05, 4.69) is 6.92 Å². The average Bonchev–Trinajstić information content (AvgIpc) is 2.85. The summed E-state index contributed by atoms with van der Waals surface area (Å²) in [6.45, 7) is 3.37. The molecule has 0 N–H and O–H groups in total. The number of benzene rings is 1. The molecule has 0 aromatic heterocycles. The molecule has 5 nitrogen and oxygen atoms in total. The van der Waals surface area contributed by atoms with Crippen LogP contribution in [0.2, 0.25) is 5.02 Å². The van der Waals surface area contributed by atoms with Gasteiger partial charge in [0.2, 0.25) is 5.91 Å². The van der Waals surface area contributed by atoms with Crippen LogP contribution in [-0.4, -0.2) is 46.5 Å². The second-order valence-electron chi connectivity index (χ2n) is 6.38. The number of rotatable bonds is 3. The Kier molecular flexibility index (Phi) is 5.49. The van der Waals surface area contributed by atoms with E-state index >= 15 is 0 Å². The quantitative estimate of drug-likeness (QED) is 0.753. The third-order valence-electron chi connectivity index (χ3n) is 4.47. The second kappa shape index (κ2) is 7.62. The van der Waals surface area contributed by atoms with Crippen molar-refractivity contribution in [3.63, 3.8) is 0 Å². The number of likely N-dealkylation sites (tertiary alicyclic amines) is 1. The van der Waals surface area contributed by atoms with Gasteiger partial charge >= 0.3 is 0 Å². The van der Waals surface area contributed by atoms with Crippen molar-refractivity contribution in [2.75, 3.05) is 19.6 Å². The van der Waals surface area contributed by atoms with Gasteiger partial charge in [0.25, 0.3) is 11.1 Å². The molecule has 0 radical (unpaired) electrons. The number of piperidine rings is 1. The number of carbonyl (C=O) groups excluding carboxylic acids is 3. The molecule has 1 aromatic carbocycles. The average molecular weight is 379 g/mol. The van der Waals surface area contributed by atoms with Gasteiger partial charge in [-0.25, -0.2) is 0 Å². The fraction of sp³-hybridized carbons (Fsp3) is 0.389. The molecule has 1 aromatic rings. The van der Waals surface area contributed by atoms with Gasteiger partial charge in [-0.15, -0.1) is 0 Å². The Bertz CT molecular complexity index is 724. The Morgan fingerprint density at radius 3 is 2.52 bits per heavy atom. The van der Waals surface area contributed by atoms with Gasteiger partial charge in [0, 0.05) is 18.1 Å². The van der Waals surface area contributed by atoms with Crippen LogP contribution in [0.3, 0.4) is 0 Å². The van der Waals surface area contributed by atoms with Crippen LogP contribution in [0.4, 0.5) is 4.79 Å². The molecule has 25 heavy (non-hydrogen) atoms. The smallest absolute Gasteiger partial charge is 0.294 e. The summed E-state index contributed by atoms with van der Waals surface area (Å²) in [4.78, 5) is 40.1. The summed E-state index contributed by atoms with van der Waals surface area (Å²) in [6, 6.07) is 6.99. The van der Waals surface area contributed by atoms with E-state index in [4.69, 9.17) is 11.6 Å². The Morgan fingerprint density at radius 1 is 1.24 bits per heavy atom. The first-order valence-electron chi connectivity index (χ1n) is 8.23. The highest BCUT2D eigenvalue weighted by molar-refractivity contribution is 8.18. The lowest BCUT2D eigenvalue weighted by Gasteiger charge is -2.31. The molecule has 2 saturated heterocycles. The Morgan fingerprint density at radius 2 is 1.88 bits per heavy atom. The highest BCUT2D eigenvalue weighted by atomic mass is 35.5. The van der Waals surface area contributed by atoms with Crippen LogP contribution in [0.1, 0.15) is 25.3 Å². The molecule has 2 aliphatic rings. The van der Waals surface area contributed by atoms with Gasteiger partial charge in [-0.1, -0.05) is 30.7 Å². The lowest BCUT2D eigenvalue weighted by Crippen LogP contribution is -2.45. The van der Waals surface area contributed by atoms with E-state index in [0.717, 1.165) is 35.1 Å². The largest absolute Gasteiger partial charge is 0.341 e. The first-order valence-corrected chi connectivity index (χ1v) is 9.42. The maximum absolute atomic E-state index is 12.5. The van der Waals surface area contributed by atoms with E-state index in [1.165, 1.54) is 0 Å². The maximum atomic E-state index is 12.5. The third-order valence-corrected chi connectivity index (χ3v) is 5.63. The number of imide groups is 1. The number of hydrogen-bond donors (Lipinski definition) is 0. The van der Waals surface area contributed by atoms with E-state index < -0.39 is 11.1 Å². The number of thioether (sulfide) groups is 1. The predicted octanol–water partition coefficient (Wildman–Crippen LogP) is 3.63. The van der Waals surface area contributed by atoms with Crippen molar-refractivity contribution in [2.24, 2.45) is 5.92 Å². The molecule has 3 rings (SSSR count). The van der Waals surface area contributed by atoms with Gasteiger partial charge in [-0.3, -0.25) is 19.3 Å². The SMILES string of the molecule is CC1CCN(C(=O)CN2C(=O)S/C(=C\c3ccc(Cl)cc3)C2=O)CC1. The highest BCUT2D eigenvalue weighted by Crippen LogP contribution is 2.32. The lowest BCUT2D eigenvalue weighted by molar-refractivity contribution is -0.136. The second-order valence-corrected chi connectivity index (χ2v) is 7.81. The minimum Gasteiger partial charge on any atom is -0.341 e. The van der Waals surface area contributed by atoms with Crippen LogP contribution < -0.4 is 0 Å². The minimum atomic E-state index is -0.413. The highest BCUT2D eigenvalue weighted by Gasteiger charge is 2.37. The fourth-order valence-corrected chi connectivity index (χ4v) is 3.80. The lowest BCUT2D eigenvalue weighted by atomic mass is 9.99. The molecule has 2 heterocycles. The summed E-state index contributed by atoms with van der Waals surface area (Å²) >= 11 is 6.71. The Labute approximate surface area is 156 Å². The van der Waals surface area contributed by atoms with Gasteiger partial charge in [-0.2, -0.15) is 0 Å². The molecule has 0 unspecified atom stereocenters. The van der Waals surface area contributed by atoms with Crippen molar-refractivity contribution in [3.05, 3.63) is 39.8 Å². The zero-order valence-electron chi connectivity index (χ0n) is 13.9. The normalized spacial score (nSPS) is 20.6. The van der Waals surface area contributed by atoms with Gasteiger partial charge in [0.1, 0.15) is 6.54 Å². The summed E-state index contributed by atoms with van der Waals surface area (Å²) in [7, 11) is 0. The number of halogens is 1. The third kappa shape index (κ3) is 4.25. The standard InChI is InChI=1S/C18H19ClN2O3S/c1-12-6-8-20(9-7-12)16(22)11-21-17(23)15(25-18(21)24)10-13-2-4-14(19)5-3-13/h2-5,10,12H,6-9,11H2,1H3/b15-10-. The van der Waals surface area contributed by atoms with Crippen molar-refractivity contribution >= 4 is 46.5 Å². The van der Waals surface area contributed by atoms with E-state index in [1.807, 2.05) is 0 Å². The molecule has 132 valence electrons. The molecule has 0 aliphatic carbocycles. The molecule has 0 saturated carbocycles. The molecular formula is C18H19ClN2O3S. The van der Waals surface area contributed by atoms with Crippen LogP contribution in [0, 0.1) is 5.92 Å². The number of nitrogens with zero attached hydrogens (tertiary/aromatic N) is 2. The van der Waals surface area contributed by atoms with E-state index in [0.29, 0.717) is 28.9 Å². The predicted molar refractivity (Wildman–Crippen MR) is 99.1 cm³/mol.